The molecular weight excluding hydrogens is 330 g/mol. The Labute approximate surface area is 151 Å². The second-order valence-corrected chi connectivity index (χ2v) is 6.17. The number of para-hydroxylation sites is 1. The average Bonchev–Trinajstić information content (AvgIpc) is 2.65. The maximum absolute atomic E-state index is 12.4. The van der Waals surface area contributed by atoms with E-state index < -0.39 is 0 Å². The average molecular weight is 351 g/mol. The molecule has 1 heterocycles. The molecule has 0 aliphatic rings. The van der Waals surface area contributed by atoms with E-state index in [-0.39, 0.29) is 17.2 Å². The van der Waals surface area contributed by atoms with Crippen molar-refractivity contribution in [2.24, 2.45) is 0 Å². The summed E-state index contributed by atoms with van der Waals surface area (Å²) in [4.78, 5) is 28.6. The van der Waals surface area contributed by atoms with Crippen LogP contribution in [0, 0.1) is 0 Å². The van der Waals surface area contributed by atoms with E-state index in [9.17, 15) is 14.7 Å². The molecule has 134 valence electrons. The van der Waals surface area contributed by atoms with Gasteiger partial charge in [0, 0.05) is 18.7 Å². The molecule has 0 unspecified atom stereocenters. The Kier molecular flexibility index (Phi) is 5.63. The molecule has 3 aromatic rings. The number of benzene rings is 2. The third-order valence-corrected chi connectivity index (χ3v) is 4.19. The molecule has 2 N–H and O–H groups in total. The van der Waals surface area contributed by atoms with Crippen molar-refractivity contribution in [3.63, 3.8) is 0 Å². The maximum Gasteiger partial charge on any atom is 0.261 e. The zero-order valence-corrected chi connectivity index (χ0v) is 14.4. The summed E-state index contributed by atoms with van der Waals surface area (Å²) in [5, 5.41) is 12.6. The summed E-state index contributed by atoms with van der Waals surface area (Å²) in [7, 11) is 0. The van der Waals surface area contributed by atoms with Gasteiger partial charge in [0.1, 0.15) is 5.75 Å². The molecule has 1 aromatic heterocycles. The first-order valence-electron chi connectivity index (χ1n) is 8.66. The second-order valence-electron chi connectivity index (χ2n) is 6.17. The van der Waals surface area contributed by atoms with Gasteiger partial charge >= 0.3 is 0 Å². The van der Waals surface area contributed by atoms with Crippen molar-refractivity contribution in [3.8, 4) is 5.75 Å². The van der Waals surface area contributed by atoms with E-state index in [1.165, 1.54) is 12.1 Å². The van der Waals surface area contributed by atoms with Crippen LogP contribution in [-0.4, -0.2) is 20.6 Å². The number of rotatable bonds is 7. The molecule has 0 radical (unpaired) electrons. The number of nitrogens with one attached hydrogen (secondary N) is 1. The molecule has 1 amide bonds. The Morgan fingerprint density at radius 1 is 1.04 bits per heavy atom. The van der Waals surface area contributed by atoms with Crippen LogP contribution >= 0.6 is 0 Å². The van der Waals surface area contributed by atoms with Crippen molar-refractivity contribution in [1.29, 1.82) is 0 Å². The molecule has 26 heavy (non-hydrogen) atoms. The van der Waals surface area contributed by atoms with Crippen molar-refractivity contribution in [2.45, 2.75) is 32.2 Å². The number of carbonyl (C=O) groups is 1. The number of aromatic hydroxyl groups is 1. The lowest BCUT2D eigenvalue weighted by atomic mass is 10.2. The minimum absolute atomic E-state index is 0.0272. The third-order valence-electron chi connectivity index (χ3n) is 4.19. The number of nitrogens with zero attached hydrogens (tertiary/aromatic N) is 2. The molecule has 0 saturated heterocycles. The Balaban J connectivity index is 1.43. The smallest absolute Gasteiger partial charge is 0.261 e. The number of amides is 1. The number of aryl methyl sites for hydroxylation is 1. The van der Waals surface area contributed by atoms with E-state index in [1.54, 1.807) is 29.1 Å². The summed E-state index contributed by atoms with van der Waals surface area (Å²) in [6, 6.07) is 13.7. The number of carbonyl (C=O) groups excluding carboxylic acids is 1. The van der Waals surface area contributed by atoms with Gasteiger partial charge in [-0.15, -0.1) is 0 Å². The fourth-order valence-corrected chi connectivity index (χ4v) is 2.78. The predicted octanol–water partition coefficient (Wildman–Crippen LogP) is 3.30. The molecule has 2 aromatic carbocycles. The van der Waals surface area contributed by atoms with Crippen LogP contribution in [0.15, 0.2) is 59.7 Å². The summed E-state index contributed by atoms with van der Waals surface area (Å²) in [5.74, 6) is 0.113. The molecule has 0 fully saturated rings. The number of aromatic nitrogens is 2. The third kappa shape index (κ3) is 4.47. The number of fused-ring (bicyclic) bond motifs is 1. The highest BCUT2D eigenvalue weighted by Gasteiger charge is 2.05. The van der Waals surface area contributed by atoms with Gasteiger partial charge in [-0.25, -0.2) is 4.98 Å². The Morgan fingerprint density at radius 3 is 2.62 bits per heavy atom. The van der Waals surface area contributed by atoms with Crippen molar-refractivity contribution in [2.75, 3.05) is 5.32 Å². The summed E-state index contributed by atoms with van der Waals surface area (Å²) >= 11 is 0. The van der Waals surface area contributed by atoms with E-state index in [2.05, 4.69) is 10.3 Å². The highest BCUT2D eigenvalue weighted by atomic mass is 16.3. The fourth-order valence-electron chi connectivity index (χ4n) is 2.78. The Hall–Kier alpha value is -3.15. The summed E-state index contributed by atoms with van der Waals surface area (Å²) in [6.45, 7) is 0.594. The minimum Gasteiger partial charge on any atom is -0.508 e. The van der Waals surface area contributed by atoms with Crippen LogP contribution in [-0.2, 0) is 11.3 Å². The zero-order chi connectivity index (χ0) is 18.4. The first-order chi connectivity index (χ1) is 12.6. The van der Waals surface area contributed by atoms with Gasteiger partial charge in [0.15, 0.2) is 0 Å². The number of unbranched alkanes of at least 4 members (excludes halogenated alkanes) is 2. The fraction of sp³-hybridized carbons (Fsp3) is 0.250. The molecule has 6 nitrogen and oxygen atoms in total. The van der Waals surface area contributed by atoms with E-state index in [0.29, 0.717) is 29.6 Å². The van der Waals surface area contributed by atoms with E-state index in [1.807, 2.05) is 18.2 Å². The molecule has 0 aliphatic carbocycles. The second kappa shape index (κ2) is 8.29. The van der Waals surface area contributed by atoms with Crippen molar-refractivity contribution in [3.05, 3.63) is 65.2 Å². The molecule has 3 rings (SSSR count). The summed E-state index contributed by atoms with van der Waals surface area (Å²) < 4.78 is 1.62. The van der Waals surface area contributed by atoms with E-state index in [4.69, 9.17) is 0 Å². The Bertz CT molecular complexity index is 948. The summed E-state index contributed by atoms with van der Waals surface area (Å²) in [6.07, 6.45) is 4.42. The lowest BCUT2D eigenvalue weighted by Crippen LogP contribution is -2.20. The number of hydrogen-bond donors (Lipinski definition) is 2. The monoisotopic (exact) mass is 351 g/mol. The SMILES string of the molecule is O=C(CCCCCn1cnc2ccccc2c1=O)Nc1ccc(O)cc1. The van der Waals surface area contributed by atoms with Gasteiger partial charge in [0.2, 0.25) is 5.91 Å². The van der Waals surface area contributed by atoms with Crippen LogP contribution in [0.3, 0.4) is 0 Å². The summed E-state index contributed by atoms with van der Waals surface area (Å²) in [5.41, 5.74) is 1.35. The van der Waals surface area contributed by atoms with Gasteiger partial charge in [-0.2, -0.15) is 0 Å². The molecule has 0 atom stereocenters. The van der Waals surface area contributed by atoms with Gasteiger partial charge in [-0.05, 0) is 49.2 Å². The molecule has 0 bridgehead atoms. The molecule has 0 saturated carbocycles. The number of anilines is 1. The topological polar surface area (TPSA) is 84.2 Å². The van der Waals surface area contributed by atoms with Crippen molar-refractivity contribution in [1.82, 2.24) is 9.55 Å². The molecule has 0 spiro atoms. The van der Waals surface area contributed by atoms with Gasteiger partial charge < -0.3 is 10.4 Å². The lowest BCUT2D eigenvalue weighted by molar-refractivity contribution is -0.116. The van der Waals surface area contributed by atoms with E-state index in [0.717, 1.165) is 19.3 Å². The largest absolute Gasteiger partial charge is 0.508 e. The van der Waals surface area contributed by atoms with Gasteiger partial charge in [0.25, 0.3) is 5.56 Å². The normalized spacial score (nSPS) is 10.8. The molecular formula is C20H21N3O3. The highest BCUT2D eigenvalue weighted by Crippen LogP contribution is 2.14. The first kappa shape index (κ1) is 17.7. The van der Waals surface area contributed by atoms with Crippen LogP contribution in [0.4, 0.5) is 5.69 Å². The van der Waals surface area contributed by atoms with Crippen LogP contribution in [0.1, 0.15) is 25.7 Å². The van der Waals surface area contributed by atoms with Crippen molar-refractivity contribution >= 4 is 22.5 Å². The van der Waals surface area contributed by atoms with Crippen molar-refractivity contribution < 1.29 is 9.90 Å². The highest BCUT2D eigenvalue weighted by molar-refractivity contribution is 5.90. The van der Waals surface area contributed by atoms with Gasteiger partial charge in [-0.3, -0.25) is 14.2 Å². The number of phenolic OH excluding ortho intramolecular Hbond substituents is 1. The number of phenols is 1. The minimum atomic E-state index is -0.0553. The molecule has 0 aliphatic heterocycles. The quantitative estimate of drug-likeness (QED) is 0.505. The van der Waals surface area contributed by atoms with Crippen LogP contribution in [0.5, 0.6) is 5.75 Å². The van der Waals surface area contributed by atoms with E-state index >= 15 is 0 Å². The van der Waals surface area contributed by atoms with Crippen LogP contribution < -0.4 is 10.9 Å². The first-order valence-corrected chi connectivity index (χ1v) is 8.66. The zero-order valence-electron chi connectivity index (χ0n) is 14.4. The predicted molar refractivity (Wildman–Crippen MR) is 101 cm³/mol. The Morgan fingerprint density at radius 2 is 1.81 bits per heavy atom. The van der Waals surface area contributed by atoms with Crippen LogP contribution in [0.2, 0.25) is 0 Å². The van der Waals surface area contributed by atoms with Crippen LogP contribution in [0.25, 0.3) is 10.9 Å². The molecule has 6 heteroatoms. The van der Waals surface area contributed by atoms with Gasteiger partial charge in [-0.1, -0.05) is 18.6 Å². The standard InChI is InChI=1S/C20H21N3O3/c24-16-11-9-15(10-12-16)22-19(25)8-2-1-5-13-23-14-21-18-7-4-3-6-17(18)20(23)26/h3-4,6-7,9-12,14,24H,1-2,5,8,13H2,(H,22,25). The maximum atomic E-state index is 12.4. The number of hydrogen-bond acceptors (Lipinski definition) is 4. The lowest BCUT2D eigenvalue weighted by Gasteiger charge is -2.07. The van der Waals surface area contributed by atoms with Gasteiger partial charge in [0.05, 0.1) is 17.2 Å².